The summed E-state index contributed by atoms with van der Waals surface area (Å²) >= 11 is 12.7. The number of nitrogens with zero attached hydrogens (tertiary/aromatic N) is 2. The zero-order chi connectivity index (χ0) is 11.7. The van der Waals surface area contributed by atoms with Gasteiger partial charge in [0, 0.05) is 8.95 Å². The second-order valence-corrected chi connectivity index (χ2v) is 5.61. The van der Waals surface area contributed by atoms with Crippen molar-refractivity contribution in [1.82, 2.24) is 10.2 Å². The topological polar surface area (TPSA) is 38.9 Å². The number of aromatic nitrogens is 2. The van der Waals surface area contributed by atoms with Gasteiger partial charge in [-0.25, -0.2) is 0 Å². The van der Waals surface area contributed by atoms with Crippen molar-refractivity contribution in [3.63, 3.8) is 0 Å². The van der Waals surface area contributed by atoms with Crippen molar-refractivity contribution in [2.45, 2.75) is 12.3 Å². The Morgan fingerprint density at radius 2 is 2.06 bits per heavy atom. The van der Waals surface area contributed by atoms with Crippen molar-refractivity contribution in [2.24, 2.45) is 0 Å². The standard InChI is InChI=1S/C10H7Br2ClN2O/c1-5(13)9-14-15-10(16-9)7-4-6(11)2-3-8(7)12/h2-5H,1H3. The first-order valence-corrected chi connectivity index (χ1v) is 6.53. The maximum absolute atomic E-state index is 5.86. The molecule has 0 bridgehead atoms. The number of hydrogen-bond acceptors (Lipinski definition) is 3. The van der Waals surface area contributed by atoms with Crippen LogP contribution in [0.5, 0.6) is 0 Å². The normalized spacial score (nSPS) is 12.8. The Balaban J connectivity index is 2.46. The molecule has 84 valence electrons. The fraction of sp³-hybridized carbons (Fsp3) is 0.200. The first kappa shape index (κ1) is 12.1. The van der Waals surface area contributed by atoms with Crippen LogP contribution >= 0.6 is 43.5 Å². The lowest BCUT2D eigenvalue weighted by molar-refractivity contribution is 0.507. The summed E-state index contributed by atoms with van der Waals surface area (Å²) in [7, 11) is 0. The van der Waals surface area contributed by atoms with E-state index < -0.39 is 0 Å². The van der Waals surface area contributed by atoms with E-state index in [1.54, 1.807) is 6.92 Å². The Morgan fingerprint density at radius 3 is 2.69 bits per heavy atom. The fourth-order valence-electron chi connectivity index (χ4n) is 1.17. The van der Waals surface area contributed by atoms with Crippen molar-refractivity contribution in [3.05, 3.63) is 33.0 Å². The molecule has 0 saturated heterocycles. The van der Waals surface area contributed by atoms with Gasteiger partial charge in [-0.05, 0) is 41.1 Å². The van der Waals surface area contributed by atoms with Gasteiger partial charge in [-0.1, -0.05) is 15.9 Å². The van der Waals surface area contributed by atoms with Crippen molar-refractivity contribution in [3.8, 4) is 11.5 Å². The van der Waals surface area contributed by atoms with E-state index in [0.717, 1.165) is 14.5 Å². The highest BCUT2D eigenvalue weighted by molar-refractivity contribution is 9.11. The molecule has 1 heterocycles. The van der Waals surface area contributed by atoms with E-state index in [4.69, 9.17) is 16.0 Å². The number of rotatable bonds is 2. The Labute approximate surface area is 114 Å². The van der Waals surface area contributed by atoms with Crippen LogP contribution < -0.4 is 0 Å². The van der Waals surface area contributed by atoms with E-state index in [1.165, 1.54) is 0 Å². The highest BCUT2D eigenvalue weighted by Crippen LogP contribution is 2.31. The lowest BCUT2D eigenvalue weighted by Gasteiger charge is -1.99. The molecule has 1 atom stereocenters. The van der Waals surface area contributed by atoms with Gasteiger partial charge >= 0.3 is 0 Å². The summed E-state index contributed by atoms with van der Waals surface area (Å²) in [4.78, 5) is 0. The molecule has 0 amide bonds. The molecule has 0 N–H and O–H groups in total. The monoisotopic (exact) mass is 364 g/mol. The van der Waals surface area contributed by atoms with Gasteiger partial charge in [-0.15, -0.1) is 21.8 Å². The Kier molecular flexibility index (Phi) is 3.66. The van der Waals surface area contributed by atoms with Crippen molar-refractivity contribution in [2.75, 3.05) is 0 Å². The van der Waals surface area contributed by atoms with Crippen LogP contribution in [0.15, 0.2) is 31.6 Å². The summed E-state index contributed by atoms with van der Waals surface area (Å²) in [5.41, 5.74) is 0.838. The van der Waals surface area contributed by atoms with E-state index in [9.17, 15) is 0 Å². The maximum atomic E-state index is 5.86. The van der Waals surface area contributed by atoms with Crippen LogP contribution in [0.4, 0.5) is 0 Å². The van der Waals surface area contributed by atoms with Crippen LogP contribution in [0.25, 0.3) is 11.5 Å². The molecule has 2 aromatic rings. The Bertz CT molecular complexity index is 513. The zero-order valence-corrected chi connectivity index (χ0v) is 12.2. The molecule has 3 nitrogen and oxygen atoms in total. The van der Waals surface area contributed by atoms with E-state index >= 15 is 0 Å². The zero-order valence-electron chi connectivity index (χ0n) is 8.25. The predicted octanol–water partition coefficient (Wildman–Crippen LogP) is 4.56. The van der Waals surface area contributed by atoms with Crippen LogP contribution in [-0.4, -0.2) is 10.2 Å². The van der Waals surface area contributed by atoms with E-state index in [-0.39, 0.29) is 5.38 Å². The molecule has 0 aliphatic heterocycles. The molecule has 1 aromatic carbocycles. The largest absolute Gasteiger partial charge is 0.419 e. The van der Waals surface area contributed by atoms with Gasteiger partial charge in [-0.2, -0.15) is 0 Å². The molecule has 6 heteroatoms. The molecule has 0 radical (unpaired) electrons. The Hall–Kier alpha value is -0.390. The Morgan fingerprint density at radius 1 is 1.31 bits per heavy atom. The number of hydrogen-bond donors (Lipinski definition) is 0. The predicted molar refractivity (Wildman–Crippen MR) is 69.4 cm³/mol. The smallest absolute Gasteiger partial charge is 0.248 e. The van der Waals surface area contributed by atoms with E-state index in [2.05, 4.69) is 42.1 Å². The molecule has 0 aliphatic carbocycles. The van der Waals surface area contributed by atoms with Gasteiger partial charge in [0.25, 0.3) is 0 Å². The van der Waals surface area contributed by atoms with Crippen LogP contribution in [0.2, 0.25) is 0 Å². The summed E-state index contributed by atoms with van der Waals surface area (Å²) in [5.74, 6) is 0.874. The van der Waals surface area contributed by atoms with Crippen LogP contribution in [0.1, 0.15) is 18.2 Å². The number of alkyl halides is 1. The third-order valence-corrected chi connectivity index (χ3v) is 3.31. The second kappa shape index (κ2) is 4.85. The third-order valence-electron chi connectivity index (χ3n) is 1.94. The van der Waals surface area contributed by atoms with Gasteiger partial charge in [0.15, 0.2) is 0 Å². The minimum Gasteiger partial charge on any atom is -0.419 e. The molecule has 16 heavy (non-hydrogen) atoms. The number of benzene rings is 1. The van der Waals surface area contributed by atoms with Crippen LogP contribution in [0.3, 0.4) is 0 Å². The van der Waals surface area contributed by atoms with Gasteiger partial charge in [0.2, 0.25) is 11.8 Å². The van der Waals surface area contributed by atoms with Crippen molar-refractivity contribution < 1.29 is 4.42 Å². The molecular weight excluding hydrogens is 359 g/mol. The summed E-state index contributed by atoms with van der Waals surface area (Å²) < 4.78 is 7.31. The molecule has 1 unspecified atom stereocenters. The minimum atomic E-state index is -0.285. The average Bonchev–Trinajstić information content (AvgIpc) is 2.70. The fourth-order valence-corrected chi connectivity index (χ4v) is 2.03. The molecule has 0 saturated carbocycles. The van der Waals surface area contributed by atoms with Gasteiger partial charge in [0.1, 0.15) is 5.38 Å². The summed E-state index contributed by atoms with van der Waals surface area (Å²) in [6.07, 6.45) is 0. The number of halogens is 3. The lowest BCUT2D eigenvalue weighted by Crippen LogP contribution is -1.81. The molecule has 0 spiro atoms. The summed E-state index contributed by atoms with van der Waals surface area (Å²) in [6.45, 7) is 1.79. The third kappa shape index (κ3) is 2.47. The van der Waals surface area contributed by atoms with Crippen molar-refractivity contribution >= 4 is 43.5 Å². The summed E-state index contributed by atoms with van der Waals surface area (Å²) in [5, 5.41) is 7.55. The van der Waals surface area contributed by atoms with Crippen LogP contribution in [0, 0.1) is 0 Å². The molecule has 1 aromatic heterocycles. The van der Waals surface area contributed by atoms with E-state index in [0.29, 0.717) is 11.8 Å². The van der Waals surface area contributed by atoms with Gasteiger partial charge in [-0.3, -0.25) is 0 Å². The highest BCUT2D eigenvalue weighted by Gasteiger charge is 2.14. The molecule has 2 rings (SSSR count). The molecular formula is C10H7Br2ClN2O. The summed E-state index contributed by atoms with van der Waals surface area (Å²) in [6, 6.07) is 5.74. The van der Waals surface area contributed by atoms with E-state index in [1.807, 2.05) is 18.2 Å². The van der Waals surface area contributed by atoms with Gasteiger partial charge < -0.3 is 4.42 Å². The SMILES string of the molecule is CC(Cl)c1nnc(-c2cc(Br)ccc2Br)o1. The first-order valence-electron chi connectivity index (χ1n) is 4.51. The molecule has 0 fully saturated rings. The first-order chi connectivity index (χ1) is 7.58. The van der Waals surface area contributed by atoms with Crippen molar-refractivity contribution in [1.29, 1.82) is 0 Å². The van der Waals surface area contributed by atoms with Gasteiger partial charge in [0.05, 0.1) is 5.56 Å². The molecule has 0 aliphatic rings. The average molecular weight is 366 g/mol. The lowest BCUT2D eigenvalue weighted by atomic mass is 10.2. The minimum absolute atomic E-state index is 0.285. The highest BCUT2D eigenvalue weighted by atomic mass is 79.9. The maximum Gasteiger partial charge on any atom is 0.248 e. The van der Waals surface area contributed by atoms with Crippen LogP contribution in [-0.2, 0) is 0 Å². The quantitative estimate of drug-likeness (QED) is 0.732. The second-order valence-electron chi connectivity index (χ2n) is 3.19.